The molecule has 5 aromatic rings. The van der Waals surface area contributed by atoms with Crippen LogP contribution in [0.1, 0.15) is 91.3 Å². The molecule has 0 fully saturated rings. The number of carboxylic acid groups (broad SMARTS) is 3. The van der Waals surface area contributed by atoms with Gasteiger partial charge < -0.3 is 53.4 Å². The van der Waals surface area contributed by atoms with Gasteiger partial charge in [0.2, 0.25) is 20.0 Å². The standard InChI is InChI=1S/C57H72N2O15S2.Er/c1-8-10-24-70-26-12-22-58(75(66,67)46-18-14-39(3)15-19-46)34-44-28-41(5)30-48(55(44)72-36-52(60)61)50-32-43(7)33-51(57(50)74-38-54(64)65)49-31-42(6)29-45(56(49)73-37-53(62)63)35-59(23-13-27-71-25-11-9-2)76(68,69)47-20-16-40(4)17-21-47;/h14-21,28-33H,8-13,22-27,34-38H2,1-7H3,(H,60,61)(H,62,63)(H,64,65);/q;+3/p-3. The van der Waals surface area contributed by atoms with Crippen LogP contribution in [0.3, 0.4) is 0 Å². The number of rotatable bonds is 33. The molecule has 0 heterocycles. The molecule has 0 saturated carbocycles. The van der Waals surface area contributed by atoms with Crippen molar-refractivity contribution in [3.05, 3.63) is 124 Å². The minimum atomic E-state index is -4.21. The van der Waals surface area contributed by atoms with Gasteiger partial charge in [-0.2, -0.15) is 8.61 Å². The number of sulfonamides is 2. The van der Waals surface area contributed by atoms with Gasteiger partial charge in [-0.3, -0.25) is 0 Å². The Kier molecular flexibility index (Phi) is 25.8. The summed E-state index contributed by atoms with van der Waals surface area (Å²) in [6.07, 6.45) is 4.13. The first-order chi connectivity index (χ1) is 36.2. The second-order valence-electron chi connectivity index (χ2n) is 18.7. The molecule has 0 aromatic heterocycles. The molecular formula is C57H69ErN2O15S2. The van der Waals surface area contributed by atoms with Crippen LogP contribution >= 0.6 is 0 Å². The maximum Gasteiger partial charge on any atom is 3.00 e. The second-order valence-corrected chi connectivity index (χ2v) is 22.6. The number of hydrogen-bond acceptors (Lipinski definition) is 15. The molecule has 0 saturated heterocycles. The first-order valence-corrected chi connectivity index (χ1v) is 28.2. The van der Waals surface area contributed by atoms with Gasteiger partial charge in [0.1, 0.15) is 37.1 Å². The van der Waals surface area contributed by atoms with Gasteiger partial charge in [0.05, 0.1) is 27.7 Å². The SMILES string of the molecule is CCCCOCCCN(Cc1cc(C)cc(-c2cc(C)cc(-c3cc(C)cc(CN(CCCOCCCC)S(=O)(=O)c4ccc(C)cc4)c3OCC(=O)[O-])c2OCC(=O)[O-])c1OCC(=O)[O-])S(=O)(=O)c1ccc(C)cc1.[Er+3]. The van der Waals surface area contributed by atoms with E-state index in [0.717, 1.165) is 36.8 Å². The zero-order valence-corrected chi connectivity index (χ0v) is 48.2. The van der Waals surface area contributed by atoms with E-state index >= 15 is 0 Å². The maximum atomic E-state index is 14.5. The van der Waals surface area contributed by atoms with Crippen LogP contribution in [0, 0.1) is 71.9 Å². The van der Waals surface area contributed by atoms with E-state index in [0.29, 0.717) is 42.7 Å². The Morgan fingerprint density at radius 2 is 0.740 bits per heavy atom. The summed E-state index contributed by atoms with van der Waals surface area (Å²) in [5.41, 5.74) is 4.51. The van der Waals surface area contributed by atoms with Gasteiger partial charge in [0.25, 0.3) is 0 Å². The van der Waals surface area contributed by atoms with E-state index in [1.54, 1.807) is 81.4 Å². The predicted octanol–water partition coefficient (Wildman–Crippen LogP) is 5.74. The molecule has 5 rings (SSSR count). The van der Waals surface area contributed by atoms with Crippen molar-refractivity contribution in [1.82, 2.24) is 8.61 Å². The number of carbonyl (C=O) groups excluding carboxylic acids is 3. The topological polar surface area (TPSA) is 241 Å². The molecule has 0 aliphatic heterocycles. The van der Waals surface area contributed by atoms with Gasteiger partial charge in [-0.25, -0.2) is 16.8 Å². The van der Waals surface area contributed by atoms with Gasteiger partial charge in [-0.15, -0.1) is 0 Å². The van der Waals surface area contributed by atoms with Gasteiger partial charge in [-0.1, -0.05) is 74.2 Å². The van der Waals surface area contributed by atoms with Crippen LogP contribution in [0.2, 0.25) is 0 Å². The molecule has 0 N–H and O–H groups in total. The van der Waals surface area contributed by atoms with Crippen LogP contribution in [0.15, 0.2) is 94.7 Å². The number of carboxylic acids is 3. The number of hydrogen-bond donors (Lipinski definition) is 0. The number of aryl methyl sites for hydroxylation is 5. The van der Waals surface area contributed by atoms with Crippen LogP contribution in [0.5, 0.6) is 17.2 Å². The van der Waals surface area contributed by atoms with E-state index in [4.69, 9.17) is 23.7 Å². The summed E-state index contributed by atoms with van der Waals surface area (Å²) < 4.78 is 90.5. The van der Waals surface area contributed by atoms with Crippen molar-refractivity contribution in [2.75, 3.05) is 59.3 Å². The average Bonchev–Trinajstić information content (AvgIpc) is 3.36. The van der Waals surface area contributed by atoms with E-state index in [1.807, 2.05) is 27.7 Å². The summed E-state index contributed by atoms with van der Waals surface area (Å²) in [7, 11) is -8.42. The summed E-state index contributed by atoms with van der Waals surface area (Å²) in [6.45, 7) is 10.9. The van der Waals surface area contributed by atoms with Gasteiger partial charge in [0, 0.05) is 86.0 Å². The van der Waals surface area contributed by atoms with Crippen molar-refractivity contribution in [2.45, 2.75) is 110 Å². The normalized spacial score (nSPS) is 11.6. The molecule has 5 aromatic carbocycles. The Balaban J connectivity index is 0.0000128. The van der Waals surface area contributed by atoms with Crippen molar-refractivity contribution in [3.63, 3.8) is 0 Å². The number of benzene rings is 5. The minimum absolute atomic E-state index is 0. The molecule has 421 valence electrons. The zero-order valence-electron chi connectivity index (χ0n) is 44.7. The molecule has 1 radical (unpaired) electrons. The predicted molar refractivity (Wildman–Crippen MR) is 281 cm³/mol. The molecule has 20 heteroatoms. The Morgan fingerprint density at radius 3 is 1.06 bits per heavy atom. The smallest absolute Gasteiger partial charge is 0.546 e. The fraction of sp³-hybridized carbons (Fsp3) is 0.421. The van der Waals surface area contributed by atoms with Crippen LogP contribution in [-0.4, -0.2) is 103 Å². The number of nitrogens with zero attached hydrogens (tertiary/aromatic N) is 2. The van der Waals surface area contributed by atoms with Gasteiger partial charge in [-0.05, 0) is 126 Å². The average molecular weight is 1250 g/mol. The summed E-state index contributed by atoms with van der Waals surface area (Å²) in [5.74, 6) is -5.08. The third kappa shape index (κ3) is 18.8. The third-order valence-electron chi connectivity index (χ3n) is 12.1. The molecule has 0 amide bonds. The minimum Gasteiger partial charge on any atom is -0.546 e. The largest absolute Gasteiger partial charge is 3.00 e. The summed E-state index contributed by atoms with van der Waals surface area (Å²) in [5, 5.41) is 36.6. The fourth-order valence-electron chi connectivity index (χ4n) is 8.44. The Labute approximate surface area is 483 Å². The van der Waals surface area contributed by atoms with Crippen LogP contribution in [-0.2, 0) is 57.0 Å². The molecule has 77 heavy (non-hydrogen) atoms. The van der Waals surface area contributed by atoms with E-state index in [2.05, 4.69) is 0 Å². The van der Waals surface area contributed by atoms with Crippen LogP contribution < -0.4 is 29.5 Å². The van der Waals surface area contributed by atoms with Crippen molar-refractivity contribution >= 4 is 38.0 Å². The number of carbonyl (C=O) groups is 3. The molecule has 0 unspecified atom stereocenters. The van der Waals surface area contributed by atoms with Crippen molar-refractivity contribution in [1.29, 1.82) is 0 Å². The molecule has 17 nitrogen and oxygen atoms in total. The van der Waals surface area contributed by atoms with Crippen LogP contribution in [0.4, 0.5) is 0 Å². The van der Waals surface area contributed by atoms with Gasteiger partial charge in [0.15, 0.2) is 0 Å². The molecular weight excluding hydrogens is 1180 g/mol. The van der Waals surface area contributed by atoms with Crippen molar-refractivity contribution in [3.8, 4) is 39.5 Å². The van der Waals surface area contributed by atoms with E-state index in [1.165, 1.54) is 32.9 Å². The summed E-state index contributed by atoms with van der Waals surface area (Å²) in [4.78, 5) is 36.7. The Morgan fingerprint density at radius 1 is 0.442 bits per heavy atom. The first kappa shape index (κ1) is 64.4. The molecule has 0 aliphatic rings. The molecule has 0 atom stereocenters. The molecule has 0 bridgehead atoms. The number of ether oxygens (including phenoxy) is 5. The third-order valence-corrected chi connectivity index (χ3v) is 15.8. The molecule has 0 aliphatic carbocycles. The van der Waals surface area contributed by atoms with E-state index in [9.17, 15) is 46.5 Å². The van der Waals surface area contributed by atoms with Crippen molar-refractivity contribution < 1.29 is 108 Å². The van der Waals surface area contributed by atoms with Crippen LogP contribution in [0.25, 0.3) is 22.3 Å². The monoisotopic (exact) mass is 1250 g/mol. The number of aliphatic carboxylic acids is 3. The van der Waals surface area contributed by atoms with Gasteiger partial charge >= 0.3 is 37.3 Å². The molecule has 0 spiro atoms. The fourth-order valence-corrected chi connectivity index (χ4v) is 11.4. The number of unbranched alkanes of at least 4 members (excludes halogenated alkanes) is 2. The van der Waals surface area contributed by atoms with E-state index < -0.39 is 57.8 Å². The van der Waals surface area contributed by atoms with Crippen molar-refractivity contribution in [2.24, 2.45) is 0 Å². The summed E-state index contributed by atoms with van der Waals surface area (Å²) in [6, 6.07) is 22.7. The first-order valence-electron chi connectivity index (χ1n) is 25.4. The summed E-state index contributed by atoms with van der Waals surface area (Å²) >= 11 is 0. The second kappa shape index (κ2) is 30.9. The maximum absolute atomic E-state index is 14.5. The Bertz CT molecular complexity index is 2820. The van der Waals surface area contributed by atoms with E-state index in [-0.39, 0.29) is 137 Å². The zero-order chi connectivity index (χ0) is 55.6. The quantitative estimate of drug-likeness (QED) is 0.0455. The Hall–Kier alpha value is -5.10.